The van der Waals surface area contributed by atoms with Crippen molar-refractivity contribution in [1.82, 2.24) is 13.6 Å². The number of carbonyl (C=O) groups is 2. The molecule has 0 saturated heterocycles. The fourth-order valence-electron chi connectivity index (χ4n) is 1.68. The Balaban J connectivity index is 1.98. The van der Waals surface area contributed by atoms with E-state index in [0.29, 0.717) is 11.2 Å². The van der Waals surface area contributed by atoms with Crippen LogP contribution in [0.15, 0.2) is 18.2 Å². The molecule has 0 radical (unpaired) electrons. The van der Waals surface area contributed by atoms with Crippen molar-refractivity contribution in [3.8, 4) is 0 Å². The summed E-state index contributed by atoms with van der Waals surface area (Å²) in [6, 6.07) is 5.40. The first-order valence-electron chi connectivity index (χ1n) is 5.86. The van der Waals surface area contributed by atoms with Crippen LogP contribution in [-0.4, -0.2) is 52.8 Å². The van der Waals surface area contributed by atoms with Crippen molar-refractivity contribution in [2.45, 2.75) is 0 Å². The van der Waals surface area contributed by atoms with Crippen LogP contribution in [0.4, 0.5) is 5.69 Å². The summed E-state index contributed by atoms with van der Waals surface area (Å²) in [7, 11) is 2.98. The van der Waals surface area contributed by atoms with Crippen molar-refractivity contribution in [2.75, 3.05) is 32.6 Å². The lowest BCUT2D eigenvalue weighted by Crippen LogP contribution is -2.34. The molecular weight excluding hydrogens is 280 g/mol. The molecule has 0 aliphatic heterocycles. The number of nitrogens with zero attached hydrogens (tertiary/aromatic N) is 3. The van der Waals surface area contributed by atoms with Crippen LogP contribution in [0.3, 0.4) is 0 Å². The average Bonchev–Trinajstić information content (AvgIpc) is 2.87. The van der Waals surface area contributed by atoms with Gasteiger partial charge >= 0.3 is 5.97 Å². The van der Waals surface area contributed by atoms with Gasteiger partial charge in [0.1, 0.15) is 11.0 Å². The van der Waals surface area contributed by atoms with E-state index in [1.54, 1.807) is 24.1 Å². The fourth-order valence-corrected chi connectivity index (χ4v) is 2.23. The molecule has 0 aliphatic rings. The standard InChI is InChI=1S/C12H14N4O3S/c1-16(7-11(18)19-2)6-10(17)13-8-4-3-5-9-12(8)15-20-14-9/h3-5H,6-7H2,1-2H3,(H,13,17). The molecule has 2 aromatic rings. The molecule has 7 nitrogen and oxygen atoms in total. The fraction of sp³-hybridized carbons (Fsp3) is 0.333. The van der Waals surface area contributed by atoms with Gasteiger partial charge in [-0.15, -0.1) is 0 Å². The van der Waals surface area contributed by atoms with Gasteiger partial charge in [-0.05, 0) is 19.2 Å². The van der Waals surface area contributed by atoms with E-state index in [9.17, 15) is 9.59 Å². The molecule has 0 fully saturated rings. The molecule has 2 rings (SSSR count). The van der Waals surface area contributed by atoms with Gasteiger partial charge in [0.05, 0.1) is 37.6 Å². The number of esters is 1. The summed E-state index contributed by atoms with van der Waals surface area (Å²) in [4.78, 5) is 24.6. The second kappa shape index (κ2) is 6.40. The number of methoxy groups -OCH3 is 1. The zero-order chi connectivity index (χ0) is 14.5. The first-order chi connectivity index (χ1) is 9.60. The first kappa shape index (κ1) is 14.4. The number of aromatic nitrogens is 2. The summed E-state index contributed by atoms with van der Waals surface area (Å²) < 4.78 is 12.8. The van der Waals surface area contributed by atoms with Crippen molar-refractivity contribution in [3.63, 3.8) is 0 Å². The van der Waals surface area contributed by atoms with E-state index in [2.05, 4.69) is 18.8 Å². The molecule has 106 valence electrons. The Morgan fingerprint density at radius 1 is 1.35 bits per heavy atom. The van der Waals surface area contributed by atoms with Crippen LogP contribution in [0.5, 0.6) is 0 Å². The summed E-state index contributed by atoms with van der Waals surface area (Å²) in [5.41, 5.74) is 2.03. The number of fused-ring (bicyclic) bond motifs is 1. The molecule has 1 amide bonds. The predicted molar refractivity (Wildman–Crippen MR) is 75.6 cm³/mol. The van der Waals surface area contributed by atoms with Crippen molar-refractivity contribution in [3.05, 3.63) is 18.2 Å². The van der Waals surface area contributed by atoms with E-state index < -0.39 is 0 Å². The Hall–Kier alpha value is -2.06. The quantitative estimate of drug-likeness (QED) is 0.819. The van der Waals surface area contributed by atoms with Gasteiger partial charge in [0, 0.05) is 0 Å². The maximum Gasteiger partial charge on any atom is 0.319 e. The van der Waals surface area contributed by atoms with E-state index in [-0.39, 0.29) is 25.0 Å². The number of hydrogen-bond donors (Lipinski definition) is 1. The molecule has 1 heterocycles. The third-order valence-electron chi connectivity index (χ3n) is 2.60. The SMILES string of the molecule is COC(=O)CN(C)CC(=O)Nc1cccc2nsnc12. The number of nitrogens with one attached hydrogen (secondary N) is 1. The van der Waals surface area contributed by atoms with Gasteiger partial charge in [-0.2, -0.15) is 8.75 Å². The third-order valence-corrected chi connectivity index (χ3v) is 3.14. The van der Waals surface area contributed by atoms with Crippen LogP contribution in [0.1, 0.15) is 0 Å². The van der Waals surface area contributed by atoms with Gasteiger partial charge in [-0.3, -0.25) is 14.5 Å². The maximum atomic E-state index is 11.9. The zero-order valence-corrected chi connectivity index (χ0v) is 11.9. The van der Waals surface area contributed by atoms with Crippen LogP contribution in [0.2, 0.25) is 0 Å². The number of hydrogen-bond acceptors (Lipinski definition) is 7. The lowest BCUT2D eigenvalue weighted by Gasteiger charge is -2.14. The largest absolute Gasteiger partial charge is 0.468 e. The number of ether oxygens (including phenoxy) is 1. The summed E-state index contributed by atoms with van der Waals surface area (Å²) in [5.74, 6) is -0.608. The van der Waals surface area contributed by atoms with E-state index in [0.717, 1.165) is 17.2 Å². The van der Waals surface area contributed by atoms with Gasteiger partial charge in [0.15, 0.2) is 0 Å². The van der Waals surface area contributed by atoms with Crippen LogP contribution in [0, 0.1) is 0 Å². The number of rotatable bonds is 5. The summed E-state index contributed by atoms with van der Waals surface area (Å²) in [5, 5.41) is 2.76. The molecule has 0 aliphatic carbocycles. The average molecular weight is 294 g/mol. The highest BCUT2D eigenvalue weighted by molar-refractivity contribution is 7.00. The molecule has 1 aromatic carbocycles. The monoisotopic (exact) mass is 294 g/mol. The summed E-state index contributed by atoms with van der Waals surface area (Å²) in [6.07, 6.45) is 0. The lowest BCUT2D eigenvalue weighted by atomic mass is 10.2. The molecule has 1 N–H and O–H groups in total. The summed E-state index contributed by atoms with van der Waals surface area (Å²) in [6.45, 7) is 0.148. The number of anilines is 1. The number of amides is 1. The Morgan fingerprint density at radius 3 is 2.90 bits per heavy atom. The molecule has 0 unspecified atom stereocenters. The van der Waals surface area contributed by atoms with E-state index >= 15 is 0 Å². The highest BCUT2D eigenvalue weighted by atomic mass is 32.1. The molecule has 0 spiro atoms. The molecular formula is C12H14N4O3S. The normalized spacial score (nSPS) is 10.8. The van der Waals surface area contributed by atoms with Gasteiger partial charge in [0.25, 0.3) is 0 Å². The number of benzene rings is 1. The highest BCUT2D eigenvalue weighted by Gasteiger charge is 2.12. The van der Waals surface area contributed by atoms with E-state index in [4.69, 9.17) is 0 Å². The van der Waals surface area contributed by atoms with Crippen LogP contribution < -0.4 is 5.32 Å². The zero-order valence-electron chi connectivity index (χ0n) is 11.1. The second-order valence-electron chi connectivity index (χ2n) is 4.23. The van der Waals surface area contributed by atoms with Crippen LogP contribution >= 0.6 is 11.7 Å². The van der Waals surface area contributed by atoms with Gasteiger partial charge in [0.2, 0.25) is 5.91 Å². The van der Waals surface area contributed by atoms with Gasteiger partial charge in [-0.1, -0.05) is 6.07 Å². The van der Waals surface area contributed by atoms with Gasteiger partial charge in [-0.25, -0.2) is 0 Å². The maximum absolute atomic E-state index is 11.9. The van der Waals surface area contributed by atoms with Crippen molar-refractivity contribution >= 4 is 40.3 Å². The van der Waals surface area contributed by atoms with Crippen molar-refractivity contribution in [1.29, 1.82) is 0 Å². The van der Waals surface area contributed by atoms with Crippen LogP contribution in [0.25, 0.3) is 11.0 Å². The van der Waals surface area contributed by atoms with Crippen LogP contribution in [-0.2, 0) is 14.3 Å². The second-order valence-corrected chi connectivity index (χ2v) is 4.76. The lowest BCUT2D eigenvalue weighted by molar-refractivity contribution is -0.141. The molecule has 8 heteroatoms. The molecule has 0 bridgehead atoms. The minimum absolute atomic E-state index is 0.0619. The first-order valence-corrected chi connectivity index (χ1v) is 6.59. The Kier molecular flexibility index (Phi) is 4.59. The number of likely N-dealkylation sites (N-methyl/N-ethyl adjacent to an activating group) is 1. The minimum atomic E-state index is -0.383. The topological polar surface area (TPSA) is 84.4 Å². The van der Waals surface area contributed by atoms with E-state index in [1.165, 1.54) is 7.11 Å². The van der Waals surface area contributed by atoms with Gasteiger partial charge < -0.3 is 10.1 Å². The highest BCUT2D eigenvalue weighted by Crippen LogP contribution is 2.20. The third kappa shape index (κ3) is 3.49. The van der Waals surface area contributed by atoms with Crippen molar-refractivity contribution in [2.24, 2.45) is 0 Å². The molecule has 20 heavy (non-hydrogen) atoms. The molecule has 0 atom stereocenters. The molecule has 1 aromatic heterocycles. The Morgan fingerprint density at radius 2 is 2.15 bits per heavy atom. The summed E-state index contributed by atoms with van der Waals surface area (Å²) >= 11 is 1.10. The number of carbonyl (C=O) groups excluding carboxylic acids is 2. The van der Waals surface area contributed by atoms with E-state index in [1.807, 2.05) is 6.07 Å². The Bertz CT molecular complexity index is 628. The minimum Gasteiger partial charge on any atom is -0.468 e. The Labute approximate surface area is 119 Å². The predicted octanol–water partition coefficient (Wildman–Crippen LogP) is 0.735. The smallest absolute Gasteiger partial charge is 0.319 e. The molecule has 0 saturated carbocycles. The van der Waals surface area contributed by atoms with Crippen molar-refractivity contribution < 1.29 is 14.3 Å².